The summed E-state index contributed by atoms with van der Waals surface area (Å²) in [5, 5.41) is 6.76. The van der Waals surface area contributed by atoms with Crippen LogP contribution in [0.2, 0.25) is 0 Å². The first-order chi connectivity index (χ1) is 12.4. The topological polar surface area (TPSA) is 59.1 Å². The lowest BCUT2D eigenvalue weighted by Gasteiger charge is -2.15. The maximum absolute atomic E-state index is 5.19. The minimum atomic E-state index is 0.702. The summed E-state index contributed by atoms with van der Waals surface area (Å²) in [7, 11) is 1.66. The Kier molecular flexibility index (Phi) is 5.07. The predicted molar refractivity (Wildman–Crippen MR) is 107 cm³/mol. The van der Waals surface area contributed by atoms with Gasteiger partial charge in [-0.3, -0.25) is 0 Å². The molecule has 0 spiro atoms. The summed E-state index contributed by atoms with van der Waals surface area (Å²) in [5.41, 5.74) is 5.68. The molecule has 26 heavy (non-hydrogen) atoms. The number of rotatable bonds is 5. The van der Waals surface area contributed by atoms with Crippen molar-refractivity contribution in [3.8, 4) is 5.75 Å². The third-order valence-corrected chi connectivity index (χ3v) is 4.13. The van der Waals surface area contributed by atoms with Crippen molar-refractivity contribution in [1.29, 1.82) is 0 Å². The maximum atomic E-state index is 5.19. The number of hydrogen-bond donors (Lipinski definition) is 2. The van der Waals surface area contributed by atoms with Gasteiger partial charge >= 0.3 is 0 Å². The van der Waals surface area contributed by atoms with Gasteiger partial charge in [-0.2, -0.15) is 0 Å². The molecule has 0 saturated carbocycles. The third kappa shape index (κ3) is 4.11. The van der Waals surface area contributed by atoms with Crippen LogP contribution in [0, 0.1) is 27.7 Å². The van der Waals surface area contributed by atoms with Gasteiger partial charge in [0.05, 0.1) is 7.11 Å². The smallest absolute Gasteiger partial charge is 0.136 e. The Morgan fingerprint density at radius 1 is 0.769 bits per heavy atom. The van der Waals surface area contributed by atoms with E-state index in [0.717, 1.165) is 28.8 Å². The molecular weight excluding hydrogens is 324 g/mol. The molecule has 5 heteroatoms. The SMILES string of the molecule is COc1ccc(Nc2cc(Nc3c(C)cc(C)cc3C)nc(C)n2)cc1. The van der Waals surface area contributed by atoms with Crippen LogP contribution >= 0.6 is 0 Å². The van der Waals surface area contributed by atoms with Gasteiger partial charge in [-0.05, 0) is 63.1 Å². The second-order valence-corrected chi connectivity index (χ2v) is 6.44. The van der Waals surface area contributed by atoms with Crippen LogP contribution in [-0.4, -0.2) is 17.1 Å². The summed E-state index contributed by atoms with van der Waals surface area (Å²) < 4.78 is 5.19. The molecule has 0 saturated heterocycles. The van der Waals surface area contributed by atoms with E-state index >= 15 is 0 Å². The summed E-state index contributed by atoms with van der Waals surface area (Å²) in [6, 6.07) is 14.0. The largest absolute Gasteiger partial charge is 0.497 e. The van der Waals surface area contributed by atoms with Gasteiger partial charge in [0.2, 0.25) is 0 Å². The molecule has 2 N–H and O–H groups in total. The fraction of sp³-hybridized carbons (Fsp3) is 0.238. The Balaban J connectivity index is 1.85. The summed E-state index contributed by atoms with van der Waals surface area (Å²) in [4.78, 5) is 9.00. The summed E-state index contributed by atoms with van der Waals surface area (Å²) >= 11 is 0. The Morgan fingerprint density at radius 3 is 1.92 bits per heavy atom. The number of aromatic nitrogens is 2. The van der Waals surface area contributed by atoms with Crippen LogP contribution in [0.5, 0.6) is 5.75 Å². The standard InChI is InChI=1S/C21H24N4O/c1-13-10-14(2)21(15(3)11-13)25-20-12-19(22-16(4)23-20)24-17-6-8-18(26-5)9-7-17/h6-12H,1-5H3,(H2,22,23,24,25). The molecular formula is C21H24N4O. The van der Waals surface area contributed by atoms with E-state index in [2.05, 4.69) is 53.5 Å². The van der Waals surface area contributed by atoms with Crippen molar-refractivity contribution in [3.05, 3.63) is 65.0 Å². The van der Waals surface area contributed by atoms with E-state index in [9.17, 15) is 0 Å². The Bertz CT molecular complexity index is 897. The molecule has 1 aromatic heterocycles. The van der Waals surface area contributed by atoms with Crippen molar-refractivity contribution in [2.45, 2.75) is 27.7 Å². The van der Waals surface area contributed by atoms with Crippen molar-refractivity contribution in [1.82, 2.24) is 9.97 Å². The zero-order valence-electron chi connectivity index (χ0n) is 15.8. The average molecular weight is 348 g/mol. The maximum Gasteiger partial charge on any atom is 0.136 e. The van der Waals surface area contributed by atoms with Crippen molar-refractivity contribution in [2.24, 2.45) is 0 Å². The lowest BCUT2D eigenvalue weighted by atomic mass is 10.1. The number of ether oxygens (including phenoxy) is 1. The molecule has 0 fully saturated rings. The van der Waals surface area contributed by atoms with Crippen molar-refractivity contribution < 1.29 is 4.74 Å². The first-order valence-electron chi connectivity index (χ1n) is 8.56. The van der Waals surface area contributed by atoms with Gasteiger partial charge in [-0.25, -0.2) is 9.97 Å². The lowest BCUT2D eigenvalue weighted by Crippen LogP contribution is -2.03. The van der Waals surface area contributed by atoms with Gasteiger partial charge in [0.1, 0.15) is 23.2 Å². The second kappa shape index (κ2) is 7.44. The Hall–Kier alpha value is -3.08. The molecule has 0 amide bonds. The molecule has 0 aliphatic rings. The molecule has 2 aromatic carbocycles. The van der Waals surface area contributed by atoms with Crippen molar-refractivity contribution >= 4 is 23.0 Å². The third-order valence-electron chi connectivity index (χ3n) is 4.13. The number of benzene rings is 2. The Labute approximate surface area is 154 Å². The van der Waals surface area contributed by atoms with Crippen LogP contribution < -0.4 is 15.4 Å². The van der Waals surface area contributed by atoms with E-state index in [1.165, 1.54) is 16.7 Å². The van der Waals surface area contributed by atoms with E-state index in [1.807, 2.05) is 37.3 Å². The lowest BCUT2D eigenvalue weighted by molar-refractivity contribution is 0.415. The zero-order valence-corrected chi connectivity index (χ0v) is 15.8. The number of methoxy groups -OCH3 is 1. The van der Waals surface area contributed by atoms with Gasteiger partial charge < -0.3 is 15.4 Å². The highest BCUT2D eigenvalue weighted by atomic mass is 16.5. The molecule has 0 radical (unpaired) electrons. The van der Waals surface area contributed by atoms with Gasteiger partial charge in [-0.15, -0.1) is 0 Å². The summed E-state index contributed by atoms with van der Waals surface area (Å²) in [6.07, 6.45) is 0. The Morgan fingerprint density at radius 2 is 1.35 bits per heavy atom. The molecule has 3 aromatic rings. The van der Waals surface area contributed by atoms with Crippen LogP contribution in [0.1, 0.15) is 22.5 Å². The molecule has 0 bridgehead atoms. The molecule has 134 valence electrons. The summed E-state index contributed by atoms with van der Waals surface area (Å²) in [6.45, 7) is 8.20. The highest BCUT2D eigenvalue weighted by Crippen LogP contribution is 2.27. The number of hydrogen-bond acceptors (Lipinski definition) is 5. The van der Waals surface area contributed by atoms with Gasteiger partial charge in [0, 0.05) is 17.4 Å². The van der Waals surface area contributed by atoms with E-state index in [0.29, 0.717) is 5.82 Å². The van der Waals surface area contributed by atoms with Crippen LogP contribution in [-0.2, 0) is 0 Å². The average Bonchev–Trinajstić information content (AvgIpc) is 2.58. The fourth-order valence-corrected chi connectivity index (χ4v) is 3.02. The molecule has 5 nitrogen and oxygen atoms in total. The highest BCUT2D eigenvalue weighted by Gasteiger charge is 2.08. The number of aryl methyl sites for hydroxylation is 4. The van der Waals surface area contributed by atoms with Crippen LogP contribution in [0.15, 0.2) is 42.5 Å². The summed E-state index contributed by atoms with van der Waals surface area (Å²) in [5.74, 6) is 3.03. The van der Waals surface area contributed by atoms with E-state index in [-0.39, 0.29) is 0 Å². The first-order valence-corrected chi connectivity index (χ1v) is 8.56. The van der Waals surface area contributed by atoms with Crippen LogP contribution in [0.4, 0.5) is 23.0 Å². The fourth-order valence-electron chi connectivity index (χ4n) is 3.02. The molecule has 0 aliphatic heterocycles. The normalized spacial score (nSPS) is 10.5. The number of nitrogens with one attached hydrogen (secondary N) is 2. The van der Waals surface area contributed by atoms with Crippen molar-refractivity contribution in [2.75, 3.05) is 17.7 Å². The monoisotopic (exact) mass is 348 g/mol. The van der Waals surface area contributed by atoms with Crippen LogP contribution in [0.25, 0.3) is 0 Å². The van der Waals surface area contributed by atoms with Crippen molar-refractivity contribution in [3.63, 3.8) is 0 Å². The number of anilines is 4. The van der Waals surface area contributed by atoms with Gasteiger partial charge in [-0.1, -0.05) is 17.7 Å². The number of nitrogens with zero attached hydrogens (tertiary/aromatic N) is 2. The molecule has 0 aliphatic carbocycles. The quantitative estimate of drug-likeness (QED) is 0.663. The molecule has 0 unspecified atom stereocenters. The minimum absolute atomic E-state index is 0.702. The van der Waals surface area contributed by atoms with Crippen LogP contribution in [0.3, 0.4) is 0 Å². The molecule has 3 rings (SSSR count). The second-order valence-electron chi connectivity index (χ2n) is 6.44. The predicted octanol–water partition coefficient (Wildman–Crippen LogP) is 5.21. The van der Waals surface area contributed by atoms with E-state index < -0.39 is 0 Å². The van der Waals surface area contributed by atoms with E-state index in [1.54, 1.807) is 7.11 Å². The van der Waals surface area contributed by atoms with Gasteiger partial charge in [0.25, 0.3) is 0 Å². The molecule has 1 heterocycles. The molecule has 0 atom stereocenters. The first kappa shape index (κ1) is 17.7. The minimum Gasteiger partial charge on any atom is -0.497 e. The van der Waals surface area contributed by atoms with E-state index in [4.69, 9.17) is 4.74 Å². The highest BCUT2D eigenvalue weighted by molar-refractivity contribution is 5.68. The zero-order chi connectivity index (χ0) is 18.7. The van der Waals surface area contributed by atoms with Gasteiger partial charge in [0.15, 0.2) is 0 Å².